The van der Waals surface area contributed by atoms with Crippen molar-refractivity contribution >= 4 is 22.1 Å². The molecule has 22 heavy (non-hydrogen) atoms. The minimum atomic E-state index is -3.24. The van der Waals surface area contributed by atoms with Gasteiger partial charge in [0.1, 0.15) is 0 Å². The summed E-state index contributed by atoms with van der Waals surface area (Å²) in [6.45, 7) is 2.34. The minimum absolute atomic E-state index is 0.0625. The molecule has 122 valence electrons. The largest absolute Gasteiger partial charge is 0.350 e. The maximum absolute atomic E-state index is 12.1. The van der Waals surface area contributed by atoms with Crippen molar-refractivity contribution in [2.24, 2.45) is 18.1 Å². The van der Waals surface area contributed by atoms with Crippen molar-refractivity contribution in [2.75, 3.05) is 18.8 Å². The van der Waals surface area contributed by atoms with Crippen LogP contribution in [0.5, 0.6) is 0 Å². The first kappa shape index (κ1) is 16.7. The van der Waals surface area contributed by atoms with E-state index < -0.39 is 10.0 Å². The highest BCUT2D eigenvalue weighted by molar-refractivity contribution is 7.89. The van der Waals surface area contributed by atoms with Gasteiger partial charge in [0.25, 0.3) is 0 Å². The zero-order chi connectivity index (χ0) is 16.2. The average Bonchev–Trinajstić information content (AvgIpc) is 2.92. The summed E-state index contributed by atoms with van der Waals surface area (Å²) in [5.74, 6) is -0.519. The van der Waals surface area contributed by atoms with Crippen LogP contribution >= 0.6 is 0 Å². The number of hydrogen-bond acceptors (Lipinski definition) is 4. The fourth-order valence-corrected chi connectivity index (χ4v) is 3.63. The molecule has 0 bridgehead atoms. The molecule has 8 heteroatoms. The van der Waals surface area contributed by atoms with E-state index in [2.05, 4.69) is 10.5 Å². The number of hydrazone groups is 1. The third-order valence-electron chi connectivity index (χ3n) is 3.87. The Morgan fingerprint density at radius 1 is 1.55 bits per heavy atom. The number of sulfonamides is 1. The van der Waals surface area contributed by atoms with Gasteiger partial charge in [-0.3, -0.25) is 4.79 Å². The van der Waals surface area contributed by atoms with E-state index in [-0.39, 0.29) is 24.1 Å². The van der Waals surface area contributed by atoms with Gasteiger partial charge in [0, 0.05) is 26.3 Å². The SMILES string of the molecule is CCS(=O)(=O)N1CCCC(C(=O)NN=Cc2cccn2C)C1. The van der Waals surface area contributed by atoms with E-state index >= 15 is 0 Å². The van der Waals surface area contributed by atoms with Crippen molar-refractivity contribution in [2.45, 2.75) is 19.8 Å². The van der Waals surface area contributed by atoms with Crippen molar-refractivity contribution in [1.82, 2.24) is 14.3 Å². The summed E-state index contributed by atoms with van der Waals surface area (Å²) in [7, 11) is -1.35. The Hall–Kier alpha value is -1.67. The third kappa shape index (κ3) is 3.95. The first-order valence-electron chi connectivity index (χ1n) is 7.36. The van der Waals surface area contributed by atoms with E-state index in [9.17, 15) is 13.2 Å². The lowest BCUT2D eigenvalue weighted by Gasteiger charge is -2.30. The van der Waals surface area contributed by atoms with E-state index in [0.29, 0.717) is 19.4 Å². The Bertz CT molecular complexity index is 651. The summed E-state index contributed by atoms with van der Waals surface area (Å²) < 4.78 is 27.1. The molecule has 2 heterocycles. The second-order valence-electron chi connectivity index (χ2n) is 5.38. The van der Waals surface area contributed by atoms with Crippen LogP contribution in [0.4, 0.5) is 0 Å². The fraction of sp³-hybridized carbons (Fsp3) is 0.571. The Morgan fingerprint density at radius 2 is 2.32 bits per heavy atom. The molecule has 1 aromatic rings. The predicted octanol–water partition coefficient (Wildman–Crippen LogP) is 0.537. The molecular formula is C14H22N4O3S. The van der Waals surface area contributed by atoms with Crippen LogP contribution in [-0.4, -0.2) is 48.3 Å². The van der Waals surface area contributed by atoms with Crippen LogP contribution in [0.25, 0.3) is 0 Å². The van der Waals surface area contributed by atoms with E-state index in [1.165, 1.54) is 4.31 Å². The number of rotatable bonds is 5. The summed E-state index contributed by atoms with van der Waals surface area (Å²) >= 11 is 0. The van der Waals surface area contributed by atoms with Gasteiger partial charge in [0.15, 0.2) is 0 Å². The summed E-state index contributed by atoms with van der Waals surface area (Å²) in [6, 6.07) is 3.77. The highest BCUT2D eigenvalue weighted by Gasteiger charge is 2.31. The number of aromatic nitrogens is 1. The number of nitrogens with zero attached hydrogens (tertiary/aromatic N) is 3. The van der Waals surface area contributed by atoms with Crippen LogP contribution in [-0.2, 0) is 21.9 Å². The van der Waals surface area contributed by atoms with Crippen LogP contribution in [0.3, 0.4) is 0 Å². The maximum Gasteiger partial charge on any atom is 0.244 e. The monoisotopic (exact) mass is 326 g/mol. The predicted molar refractivity (Wildman–Crippen MR) is 84.9 cm³/mol. The van der Waals surface area contributed by atoms with Crippen LogP contribution in [0.15, 0.2) is 23.4 Å². The van der Waals surface area contributed by atoms with E-state index in [0.717, 1.165) is 5.69 Å². The number of hydrogen-bond donors (Lipinski definition) is 1. The Balaban J connectivity index is 1.92. The van der Waals surface area contributed by atoms with Gasteiger partial charge in [0.2, 0.25) is 15.9 Å². The number of aryl methyl sites for hydroxylation is 1. The number of piperidine rings is 1. The molecule has 0 saturated carbocycles. The molecule has 1 fully saturated rings. The topological polar surface area (TPSA) is 83.8 Å². The lowest BCUT2D eigenvalue weighted by atomic mass is 9.99. The Kier molecular flexibility index (Phi) is 5.36. The quantitative estimate of drug-likeness (QED) is 0.633. The van der Waals surface area contributed by atoms with E-state index in [1.54, 1.807) is 13.1 Å². The van der Waals surface area contributed by atoms with E-state index in [4.69, 9.17) is 0 Å². The molecule has 1 saturated heterocycles. The molecule has 1 atom stereocenters. The summed E-state index contributed by atoms with van der Waals surface area (Å²) in [5, 5.41) is 3.94. The molecule has 0 spiro atoms. The molecule has 1 unspecified atom stereocenters. The molecular weight excluding hydrogens is 304 g/mol. The van der Waals surface area contributed by atoms with Crippen molar-refractivity contribution in [1.29, 1.82) is 0 Å². The van der Waals surface area contributed by atoms with Crippen molar-refractivity contribution < 1.29 is 13.2 Å². The van der Waals surface area contributed by atoms with Gasteiger partial charge in [-0.1, -0.05) is 0 Å². The molecule has 1 N–H and O–H groups in total. The third-order valence-corrected chi connectivity index (χ3v) is 5.72. The zero-order valence-electron chi connectivity index (χ0n) is 12.9. The summed E-state index contributed by atoms with van der Waals surface area (Å²) in [6.07, 6.45) is 4.83. The first-order chi connectivity index (χ1) is 10.4. The maximum atomic E-state index is 12.1. The average molecular weight is 326 g/mol. The first-order valence-corrected chi connectivity index (χ1v) is 8.97. The lowest BCUT2D eigenvalue weighted by molar-refractivity contribution is -0.126. The molecule has 0 aliphatic carbocycles. The molecule has 1 amide bonds. The molecule has 0 aromatic carbocycles. The lowest BCUT2D eigenvalue weighted by Crippen LogP contribution is -2.45. The second-order valence-corrected chi connectivity index (χ2v) is 7.63. The van der Waals surface area contributed by atoms with E-state index in [1.807, 2.05) is 29.9 Å². The van der Waals surface area contributed by atoms with Crippen LogP contribution in [0, 0.1) is 5.92 Å². The molecule has 7 nitrogen and oxygen atoms in total. The number of carbonyl (C=O) groups is 1. The minimum Gasteiger partial charge on any atom is -0.350 e. The van der Waals surface area contributed by atoms with Crippen LogP contribution in [0.2, 0.25) is 0 Å². The molecule has 1 aromatic heterocycles. The number of amides is 1. The molecule has 2 rings (SSSR count). The highest BCUT2D eigenvalue weighted by atomic mass is 32.2. The van der Waals surface area contributed by atoms with Crippen molar-refractivity contribution in [3.05, 3.63) is 24.0 Å². The normalized spacial score (nSPS) is 20.4. The summed E-state index contributed by atoms with van der Waals surface area (Å²) in [4.78, 5) is 12.1. The van der Waals surface area contributed by atoms with Crippen LogP contribution < -0.4 is 5.43 Å². The van der Waals surface area contributed by atoms with Gasteiger partial charge >= 0.3 is 0 Å². The van der Waals surface area contributed by atoms with Gasteiger partial charge in [0.05, 0.1) is 23.6 Å². The standard InChI is InChI=1S/C14H22N4O3S/c1-3-22(20,21)18-9-4-6-12(11-18)14(19)16-15-10-13-7-5-8-17(13)2/h5,7-8,10,12H,3-4,6,9,11H2,1-2H3,(H,16,19). The zero-order valence-corrected chi connectivity index (χ0v) is 13.7. The van der Waals surface area contributed by atoms with Crippen molar-refractivity contribution in [3.63, 3.8) is 0 Å². The molecule has 1 aliphatic heterocycles. The fourth-order valence-electron chi connectivity index (χ4n) is 2.45. The molecule has 1 aliphatic rings. The number of carbonyl (C=O) groups excluding carboxylic acids is 1. The van der Waals surface area contributed by atoms with Gasteiger partial charge < -0.3 is 4.57 Å². The van der Waals surface area contributed by atoms with Crippen LogP contribution in [0.1, 0.15) is 25.5 Å². The summed E-state index contributed by atoms with van der Waals surface area (Å²) in [5.41, 5.74) is 3.38. The smallest absolute Gasteiger partial charge is 0.244 e. The number of nitrogens with one attached hydrogen (secondary N) is 1. The molecule has 0 radical (unpaired) electrons. The van der Waals surface area contributed by atoms with Gasteiger partial charge in [-0.05, 0) is 31.9 Å². The Labute approximate surface area is 131 Å². The second kappa shape index (κ2) is 7.06. The van der Waals surface area contributed by atoms with Crippen molar-refractivity contribution in [3.8, 4) is 0 Å². The van der Waals surface area contributed by atoms with Gasteiger partial charge in [-0.15, -0.1) is 0 Å². The van der Waals surface area contributed by atoms with Gasteiger partial charge in [-0.2, -0.15) is 5.10 Å². The van der Waals surface area contributed by atoms with Gasteiger partial charge in [-0.25, -0.2) is 18.1 Å². The Morgan fingerprint density at radius 3 is 2.95 bits per heavy atom. The highest BCUT2D eigenvalue weighted by Crippen LogP contribution is 2.19.